The van der Waals surface area contributed by atoms with Gasteiger partial charge in [0.15, 0.2) is 0 Å². The van der Waals surface area contributed by atoms with Gasteiger partial charge in [0.2, 0.25) is 0 Å². The van der Waals surface area contributed by atoms with E-state index in [1.807, 2.05) is 20.8 Å². The first kappa shape index (κ1) is 18.3. The Morgan fingerprint density at radius 3 is 2.00 bits per heavy atom. The highest BCUT2D eigenvalue weighted by Gasteiger charge is 2.22. The highest BCUT2D eigenvalue weighted by Crippen LogP contribution is 2.24. The summed E-state index contributed by atoms with van der Waals surface area (Å²) in [6.07, 6.45) is 0. The predicted octanol–water partition coefficient (Wildman–Crippen LogP) is -0.468. The molecule has 0 unspecified atom stereocenters. The molecule has 0 bridgehead atoms. The zero-order valence-corrected chi connectivity index (χ0v) is 9.86. The number of rotatable bonds is 2. The average Bonchev–Trinajstić information content (AvgIpc) is 1.85. The molecule has 0 fully saturated rings. The number of ether oxygens (including phenoxy) is 1. The Morgan fingerprint density at radius 2 is 1.77 bits per heavy atom. The summed E-state index contributed by atoms with van der Waals surface area (Å²) >= 11 is 0. The maximum Gasteiger partial charge on any atom is 0.333 e. The summed E-state index contributed by atoms with van der Waals surface area (Å²) in [5, 5.41) is 0. The fraction of sp³-hybridized carbons (Fsp3) is 0.667. The van der Waals surface area contributed by atoms with Gasteiger partial charge in [-0.25, -0.2) is 4.79 Å². The lowest BCUT2D eigenvalue weighted by atomic mass is 9.88. The van der Waals surface area contributed by atoms with Crippen LogP contribution in [0.2, 0.25) is 0 Å². The Labute approximate surface area is 86.5 Å². The van der Waals surface area contributed by atoms with E-state index < -0.39 is 0 Å². The van der Waals surface area contributed by atoms with Gasteiger partial charge in [-0.15, -0.1) is 0 Å². The van der Waals surface area contributed by atoms with E-state index in [2.05, 4.69) is 6.58 Å². The van der Waals surface area contributed by atoms with Crippen molar-refractivity contribution < 1.29 is 21.9 Å². The fourth-order valence-corrected chi connectivity index (χ4v) is 0.524. The third kappa shape index (κ3) is 6.61. The second-order valence-corrected chi connectivity index (χ2v) is 3.45. The van der Waals surface area contributed by atoms with Crippen LogP contribution in [0.25, 0.3) is 0 Å². The summed E-state index contributed by atoms with van der Waals surface area (Å²) in [4.78, 5) is 11.1. The zero-order chi connectivity index (χ0) is 9.07. The van der Waals surface area contributed by atoms with Crippen molar-refractivity contribution in [3.8, 4) is 0 Å². The molecule has 0 aliphatic heterocycles. The van der Waals surface area contributed by atoms with Crippen molar-refractivity contribution in [1.82, 2.24) is 6.15 Å². The highest BCUT2D eigenvalue weighted by molar-refractivity contribution is 5.88. The SMILES string of the molecule is C=C(C(=O)OCC)C(C)(C)C.[Cl-].[NH4+]. The summed E-state index contributed by atoms with van der Waals surface area (Å²) in [5.41, 5.74) is 0.339. The van der Waals surface area contributed by atoms with E-state index in [1.54, 1.807) is 6.92 Å². The standard InChI is InChI=1S/C9H16O2.ClH.H3N/c1-6-11-8(10)7(2)9(3,4)5;;/h2,6H2,1,3-5H3;1H;1H3. The highest BCUT2D eigenvalue weighted by atomic mass is 35.5. The minimum atomic E-state index is -0.292. The van der Waals surface area contributed by atoms with Crippen LogP contribution in [0.1, 0.15) is 27.7 Å². The van der Waals surface area contributed by atoms with Gasteiger partial charge in [0.05, 0.1) is 6.61 Å². The molecule has 0 rings (SSSR count). The summed E-state index contributed by atoms with van der Waals surface area (Å²) in [5.74, 6) is -0.292. The van der Waals surface area contributed by atoms with E-state index in [-0.39, 0.29) is 29.9 Å². The molecule has 0 atom stereocenters. The molecule has 0 aliphatic carbocycles. The topological polar surface area (TPSA) is 62.8 Å². The van der Waals surface area contributed by atoms with Crippen LogP contribution in [0.3, 0.4) is 0 Å². The molecule has 0 heterocycles. The van der Waals surface area contributed by atoms with Crippen molar-refractivity contribution in [3.63, 3.8) is 0 Å². The van der Waals surface area contributed by atoms with Crippen molar-refractivity contribution in [3.05, 3.63) is 12.2 Å². The van der Waals surface area contributed by atoms with Crippen LogP contribution < -0.4 is 18.6 Å². The Balaban J connectivity index is -0.000000500. The Bertz CT molecular complexity index is 173. The number of esters is 1. The van der Waals surface area contributed by atoms with E-state index >= 15 is 0 Å². The van der Waals surface area contributed by atoms with Gasteiger partial charge in [-0.2, -0.15) is 0 Å². The predicted molar refractivity (Wildman–Crippen MR) is 51.2 cm³/mol. The monoisotopic (exact) mass is 209 g/mol. The van der Waals surface area contributed by atoms with Crippen molar-refractivity contribution >= 4 is 5.97 Å². The second kappa shape index (κ2) is 6.92. The number of carbonyl (C=O) groups excluding carboxylic acids is 1. The summed E-state index contributed by atoms with van der Waals surface area (Å²) in [6, 6.07) is 0. The first-order valence-corrected chi connectivity index (χ1v) is 3.76. The van der Waals surface area contributed by atoms with E-state index in [1.165, 1.54) is 0 Å². The number of carbonyl (C=O) groups is 1. The lowest BCUT2D eigenvalue weighted by Gasteiger charge is -2.19. The Kier molecular flexibility index (Phi) is 9.73. The minimum absolute atomic E-state index is 0. The maximum absolute atomic E-state index is 11.1. The maximum atomic E-state index is 11.1. The van der Waals surface area contributed by atoms with Crippen molar-refractivity contribution in [2.24, 2.45) is 5.41 Å². The lowest BCUT2D eigenvalue weighted by Crippen LogP contribution is -3.00. The van der Waals surface area contributed by atoms with E-state index in [0.29, 0.717) is 12.2 Å². The van der Waals surface area contributed by atoms with Crippen LogP contribution >= 0.6 is 0 Å². The van der Waals surface area contributed by atoms with Crippen molar-refractivity contribution in [2.45, 2.75) is 27.7 Å². The molecule has 80 valence electrons. The van der Waals surface area contributed by atoms with Gasteiger partial charge in [0, 0.05) is 5.57 Å². The molecule has 0 spiro atoms. The average molecular weight is 210 g/mol. The first-order valence-electron chi connectivity index (χ1n) is 3.76. The zero-order valence-electron chi connectivity index (χ0n) is 9.11. The number of halogens is 1. The van der Waals surface area contributed by atoms with Gasteiger partial charge in [-0.05, 0) is 12.3 Å². The van der Waals surface area contributed by atoms with E-state index in [0.717, 1.165) is 0 Å². The van der Waals surface area contributed by atoms with Gasteiger partial charge in [0.1, 0.15) is 0 Å². The van der Waals surface area contributed by atoms with Crippen LogP contribution in [0.5, 0.6) is 0 Å². The molecule has 4 N–H and O–H groups in total. The molecule has 0 saturated carbocycles. The summed E-state index contributed by atoms with van der Waals surface area (Å²) < 4.78 is 4.79. The molecule has 0 amide bonds. The molecule has 3 nitrogen and oxygen atoms in total. The quantitative estimate of drug-likeness (QED) is 0.494. The van der Waals surface area contributed by atoms with Gasteiger partial charge < -0.3 is 23.3 Å². The van der Waals surface area contributed by atoms with Crippen LogP contribution in [0.4, 0.5) is 0 Å². The summed E-state index contributed by atoms with van der Waals surface area (Å²) in [6.45, 7) is 11.7. The number of hydrogen-bond acceptors (Lipinski definition) is 2. The largest absolute Gasteiger partial charge is 1.00 e. The molecule has 4 heteroatoms. The van der Waals surface area contributed by atoms with Gasteiger partial charge in [-0.3, -0.25) is 0 Å². The smallest absolute Gasteiger partial charge is 0.333 e. The molecule has 13 heavy (non-hydrogen) atoms. The third-order valence-corrected chi connectivity index (χ3v) is 1.43. The molecule has 0 aromatic carbocycles. The van der Waals surface area contributed by atoms with Gasteiger partial charge in [0.25, 0.3) is 0 Å². The molecular weight excluding hydrogens is 190 g/mol. The van der Waals surface area contributed by atoms with E-state index in [9.17, 15) is 4.79 Å². The minimum Gasteiger partial charge on any atom is -1.00 e. The normalized spacial score (nSPS) is 9.23. The number of hydrogen-bond donors (Lipinski definition) is 1. The number of quaternary nitrogens is 1. The molecule has 0 aromatic heterocycles. The summed E-state index contributed by atoms with van der Waals surface area (Å²) in [7, 11) is 0. The third-order valence-electron chi connectivity index (χ3n) is 1.43. The molecular formula is C9H20ClNO2. The lowest BCUT2D eigenvalue weighted by molar-refractivity contribution is -0.139. The fourth-order valence-electron chi connectivity index (χ4n) is 0.524. The van der Waals surface area contributed by atoms with Crippen molar-refractivity contribution in [1.29, 1.82) is 0 Å². The molecule has 0 saturated heterocycles. The Hall–Kier alpha value is -0.540. The molecule has 0 radical (unpaired) electrons. The van der Waals surface area contributed by atoms with Crippen LogP contribution in [0, 0.1) is 5.41 Å². The van der Waals surface area contributed by atoms with Gasteiger partial charge >= 0.3 is 5.97 Å². The Morgan fingerprint density at radius 1 is 1.38 bits per heavy atom. The van der Waals surface area contributed by atoms with E-state index in [4.69, 9.17) is 4.74 Å². The van der Waals surface area contributed by atoms with Crippen LogP contribution in [0.15, 0.2) is 12.2 Å². The second-order valence-electron chi connectivity index (χ2n) is 3.45. The van der Waals surface area contributed by atoms with Crippen LogP contribution in [-0.4, -0.2) is 12.6 Å². The van der Waals surface area contributed by atoms with Crippen molar-refractivity contribution in [2.75, 3.05) is 6.61 Å². The molecule has 0 aromatic rings. The van der Waals surface area contributed by atoms with Gasteiger partial charge in [-0.1, -0.05) is 27.4 Å². The molecule has 0 aliphatic rings. The first-order chi connectivity index (χ1) is 4.89. The van der Waals surface area contributed by atoms with Crippen LogP contribution in [-0.2, 0) is 9.53 Å².